The summed E-state index contributed by atoms with van der Waals surface area (Å²) in [5, 5.41) is 10.5. The zero-order valence-electron chi connectivity index (χ0n) is 25.6. The van der Waals surface area contributed by atoms with Crippen molar-refractivity contribution in [2.45, 2.75) is 44.4 Å². The number of rotatable bonds is 5. The molecule has 7 rings (SSSR count). The van der Waals surface area contributed by atoms with Crippen molar-refractivity contribution in [3.8, 4) is 16.9 Å². The maximum absolute atomic E-state index is 15.7. The Morgan fingerprint density at radius 3 is 2.39 bits per heavy atom. The van der Waals surface area contributed by atoms with Crippen LogP contribution in [0.25, 0.3) is 11.1 Å². The van der Waals surface area contributed by atoms with Gasteiger partial charge < -0.3 is 34.2 Å². The zero-order chi connectivity index (χ0) is 32.3. The van der Waals surface area contributed by atoms with Crippen LogP contribution in [0.2, 0.25) is 10.0 Å². The number of likely N-dealkylation sites (N-methyl/N-ethyl adjacent to an activating group) is 1. The molecule has 1 N–H and O–H groups in total. The van der Waals surface area contributed by atoms with Crippen LogP contribution in [0.3, 0.4) is 0 Å². The second kappa shape index (κ2) is 12.2. The van der Waals surface area contributed by atoms with Gasteiger partial charge in [-0.15, -0.1) is 0 Å². The van der Waals surface area contributed by atoms with Gasteiger partial charge in [0.25, 0.3) is 5.91 Å². The molecule has 3 unspecified atom stereocenters. The maximum atomic E-state index is 15.7. The van der Waals surface area contributed by atoms with Gasteiger partial charge >= 0.3 is 5.97 Å². The number of benzene rings is 3. The lowest BCUT2D eigenvalue weighted by Gasteiger charge is -2.40. The predicted octanol–water partition coefficient (Wildman–Crippen LogP) is 6.00. The van der Waals surface area contributed by atoms with Gasteiger partial charge in [-0.1, -0.05) is 41.4 Å². The summed E-state index contributed by atoms with van der Waals surface area (Å²) < 4.78 is 27.5. The number of fused-ring (bicyclic) bond motifs is 3. The Morgan fingerprint density at radius 1 is 1.00 bits per heavy atom. The number of piperazine rings is 1. The first-order valence-corrected chi connectivity index (χ1v) is 16.3. The molecule has 4 aliphatic rings. The fraction of sp³-hybridized carbons (Fsp3) is 0.412. The molecule has 4 aliphatic heterocycles. The Kier molecular flexibility index (Phi) is 8.25. The third-order valence-electron chi connectivity index (χ3n) is 9.64. The monoisotopic (exact) mass is 668 g/mol. The summed E-state index contributed by atoms with van der Waals surface area (Å²) in [6.07, 6.45) is 1.77. The van der Waals surface area contributed by atoms with Crippen molar-refractivity contribution >= 4 is 46.5 Å². The minimum atomic E-state index is -1.18. The van der Waals surface area contributed by atoms with Crippen molar-refractivity contribution in [2.75, 3.05) is 56.4 Å². The van der Waals surface area contributed by atoms with E-state index in [4.69, 9.17) is 32.7 Å². The summed E-state index contributed by atoms with van der Waals surface area (Å²) in [6, 6.07) is 12.0. The van der Waals surface area contributed by atoms with E-state index in [-0.39, 0.29) is 64.0 Å². The Bertz CT molecular complexity index is 1680. The number of hydrogen-bond acceptors (Lipinski definition) is 7. The van der Waals surface area contributed by atoms with Crippen molar-refractivity contribution in [3.05, 3.63) is 75.0 Å². The molecule has 3 aromatic carbocycles. The molecule has 0 radical (unpaired) electrons. The number of nitrogens with zero attached hydrogens (tertiary/aromatic N) is 4. The van der Waals surface area contributed by atoms with Gasteiger partial charge in [0.15, 0.2) is 6.73 Å². The number of halogens is 3. The second-order valence-electron chi connectivity index (χ2n) is 12.6. The highest BCUT2D eigenvalue weighted by molar-refractivity contribution is 6.40. The molecule has 3 aromatic rings. The smallest absolute Gasteiger partial charge is 0.337 e. The molecule has 0 spiro atoms. The number of carbonyl (C=O) groups is 2. The first kappa shape index (κ1) is 31.1. The van der Waals surface area contributed by atoms with Gasteiger partial charge in [0.2, 0.25) is 0 Å². The molecule has 4 heterocycles. The van der Waals surface area contributed by atoms with Crippen LogP contribution in [-0.4, -0.2) is 91.5 Å². The van der Waals surface area contributed by atoms with Crippen molar-refractivity contribution in [3.63, 3.8) is 0 Å². The minimum absolute atomic E-state index is 0.0355. The van der Waals surface area contributed by atoms with Gasteiger partial charge in [-0.25, -0.2) is 9.18 Å². The van der Waals surface area contributed by atoms with Crippen molar-refractivity contribution in [2.24, 2.45) is 0 Å². The van der Waals surface area contributed by atoms with Crippen LogP contribution in [-0.2, 0) is 11.3 Å². The largest absolute Gasteiger partial charge is 0.478 e. The standard InChI is InChI=1S/C34H35Cl2FN4O5/c1-19-14-38(2)8-9-40(19)23-10-27(35)31(28(36)11-23)33(42)39-15-20-4-3-5-24(32(20)46-18-39)25-13-30(26(34(43)44)12-29(25)37)41-21-6-7-22(41)17-45-16-21/h3-5,10-13,19,21-22H,6-9,14-18H2,1-2H3,(H,43,44). The number of amides is 1. The summed E-state index contributed by atoms with van der Waals surface area (Å²) >= 11 is 13.4. The topological polar surface area (TPSA) is 85.8 Å². The van der Waals surface area contributed by atoms with Crippen LogP contribution in [0.1, 0.15) is 46.0 Å². The molecule has 3 atom stereocenters. The number of carboxylic acids is 1. The molecule has 1 amide bonds. The van der Waals surface area contributed by atoms with E-state index in [0.29, 0.717) is 35.8 Å². The van der Waals surface area contributed by atoms with Gasteiger partial charge in [-0.05, 0) is 51.1 Å². The van der Waals surface area contributed by atoms with Crippen LogP contribution >= 0.6 is 23.2 Å². The van der Waals surface area contributed by atoms with Crippen LogP contribution < -0.4 is 14.5 Å². The Balaban J connectivity index is 1.17. The zero-order valence-corrected chi connectivity index (χ0v) is 27.2. The summed E-state index contributed by atoms with van der Waals surface area (Å²) in [5.41, 5.74) is 2.88. The first-order valence-electron chi connectivity index (χ1n) is 15.5. The van der Waals surface area contributed by atoms with Gasteiger partial charge in [0.05, 0.1) is 58.7 Å². The Morgan fingerprint density at radius 2 is 1.72 bits per heavy atom. The normalized spacial score (nSPS) is 22.9. The summed E-state index contributed by atoms with van der Waals surface area (Å²) in [5.74, 6) is -1.77. The molecular formula is C34H35Cl2FN4O5. The third-order valence-corrected chi connectivity index (χ3v) is 10.2. The highest BCUT2D eigenvalue weighted by Gasteiger charge is 2.40. The fourth-order valence-corrected chi connectivity index (χ4v) is 8.04. The number of para-hydroxylation sites is 1. The second-order valence-corrected chi connectivity index (χ2v) is 13.5. The SMILES string of the molecule is CC1CN(C)CCN1c1cc(Cl)c(C(=O)N2COc3c(cccc3-c3cc(N4C5CCC4COC5)c(C(=O)O)cc3F)C2)c(Cl)c1. The van der Waals surface area contributed by atoms with E-state index in [1.807, 2.05) is 6.07 Å². The molecule has 3 saturated heterocycles. The molecule has 0 saturated carbocycles. The molecule has 242 valence electrons. The number of morpholine rings is 1. The number of anilines is 2. The molecule has 46 heavy (non-hydrogen) atoms. The molecule has 3 fully saturated rings. The Hall–Kier alpha value is -3.57. The number of carbonyl (C=O) groups excluding carboxylic acids is 1. The highest BCUT2D eigenvalue weighted by Crippen LogP contribution is 2.43. The third kappa shape index (κ3) is 5.45. The molecule has 0 aromatic heterocycles. The average molecular weight is 670 g/mol. The lowest BCUT2D eigenvalue weighted by Crippen LogP contribution is -2.50. The van der Waals surface area contributed by atoms with Crippen LogP contribution in [0.15, 0.2) is 42.5 Å². The molecular weight excluding hydrogens is 634 g/mol. The maximum Gasteiger partial charge on any atom is 0.337 e. The molecule has 12 heteroatoms. The van der Waals surface area contributed by atoms with Crippen molar-refractivity contribution in [1.29, 1.82) is 0 Å². The van der Waals surface area contributed by atoms with Crippen molar-refractivity contribution in [1.82, 2.24) is 9.80 Å². The predicted molar refractivity (Wildman–Crippen MR) is 175 cm³/mol. The average Bonchev–Trinajstić information content (AvgIpc) is 3.26. The van der Waals surface area contributed by atoms with Crippen LogP contribution in [0.4, 0.5) is 15.8 Å². The van der Waals surface area contributed by atoms with E-state index in [0.717, 1.165) is 44.2 Å². The van der Waals surface area contributed by atoms with Gasteiger partial charge in [0.1, 0.15) is 11.6 Å². The summed E-state index contributed by atoms with van der Waals surface area (Å²) in [6.45, 7) is 5.90. The van der Waals surface area contributed by atoms with Gasteiger partial charge in [-0.3, -0.25) is 4.79 Å². The Labute approximate surface area is 277 Å². The van der Waals surface area contributed by atoms with Crippen molar-refractivity contribution < 1.29 is 28.6 Å². The van der Waals surface area contributed by atoms with E-state index in [1.54, 1.807) is 30.3 Å². The van der Waals surface area contributed by atoms with E-state index < -0.39 is 11.8 Å². The van der Waals surface area contributed by atoms with E-state index in [1.165, 1.54) is 4.90 Å². The molecule has 9 nitrogen and oxygen atoms in total. The quantitative estimate of drug-likeness (QED) is 0.355. The highest BCUT2D eigenvalue weighted by atomic mass is 35.5. The lowest BCUT2D eigenvalue weighted by atomic mass is 9.96. The van der Waals surface area contributed by atoms with E-state index in [2.05, 4.69) is 28.7 Å². The fourth-order valence-electron chi connectivity index (χ4n) is 7.40. The number of carboxylic acid groups (broad SMARTS) is 1. The first-order chi connectivity index (χ1) is 22.1. The van der Waals surface area contributed by atoms with E-state index >= 15 is 4.39 Å². The molecule has 0 aliphatic carbocycles. The van der Waals surface area contributed by atoms with Crippen LogP contribution in [0.5, 0.6) is 5.75 Å². The lowest BCUT2D eigenvalue weighted by molar-refractivity contribution is 0.0516. The van der Waals surface area contributed by atoms with Gasteiger partial charge in [-0.2, -0.15) is 0 Å². The van der Waals surface area contributed by atoms with Gasteiger partial charge in [0, 0.05) is 48.1 Å². The summed E-state index contributed by atoms with van der Waals surface area (Å²) in [4.78, 5) is 34.1. The number of aromatic carboxylic acids is 1. The van der Waals surface area contributed by atoms with Crippen LogP contribution in [0, 0.1) is 5.82 Å². The summed E-state index contributed by atoms with van der Waals surface area (Å²) in [7, 11) is 2.09. The number of ether oxygens (including phenoxy) is 2. The molecule has 2 bridgehead atoms. The van der Waals surface area contributed by atoms with E-state index in [9.17, 15) is 14.7 Å². The number of hydrogen-bond donors (Lipinski definition) is 1. The minimum Gasteiger partial charge on any atom is -0.478 e.